The quantitative estimate of drug-likeness (QED) is 0.546. The average molecular weight is 450 g/mol. The maximum atomic E-state index is 14.1. The number of carbonyl (C=O) groups excluding carboxylic acids is 1. The third kappa shape index (κ3) is 5.02. The van der Waals surface area contributed by atoms with Crippen LogP contribution in [0.15, 0.2) is 84.9 Å². The second-order valence-electron chi connectivity index (χ2n) is 8.13. The number of benzene rings is 3. The lowest BCUT2D eigenvalue weighted by molar-refractivity contribution is -0.134. The van der Waals surface area contributed by atoms with Crippen LogP contribution in [0.1, 0.15) is 29.0 Å². The van der Waals surface area contributed by atoms with E-state index in [2.05, 4.69) is 0 Å². The molecule has 0 aromatic heterocycles. The van der Waals surface area contributed by atoms with Crippen LogP contribution in [0.2, 0.25) is 0 Å². The van der Waals surface area contributed by atoms with Crippen molar-refractivity contribution in [2.24, 2.45) is 0 Å². The molecule has 4 rings (SSSR count). The Morgan fingerprint density at radius 1 is 0.938 bits per heavy atom. The van der Waals surface area contributed by atoms with Gasteiger partial charge in [0.2, 0.25) is 5.91 Å². The number of sulfone groups is 1. The van der Waals surface area contributed by atoms with Gasteiger partial charge < -0.3 is 9.64 Å². The van der Waals surface area contributed by atoms with Crippen molar-refractivity contribution in [3.63, 3.8) is 0 Å². The molecule has 1 atom stereocenters. The van der Waals surface area contributed by atoms with E-state index in [0.717, 1.165) is 22.4 Å². The van der Waals surface area contributed by atoms with Gasteiger partial charge in [0, 0.05) is 12.6 Å². The Balaban J connectivity index is 1.72. The van der Waals surface area contributed by atoms with Crippen molar-refractivity contribution < 1.29 is 17.9 Å². The molecular formula is C26H27NO4S. The normalized spacial score (nSPS) is 17.2. The summed E-state index contributed by atoms with van der Waals surface area (Å²) in [5.41, 5.74) is 2.72. The molecule has 1 heterocycles. The number of hydrogen-bond donors (Lipinski definition) is 0. The third-order valence-corrected chi connectivity index (χ3v) is 7.71. The smallest absolute Gasteiger partial charge is 0.235 e. The molecule has 1 unspecified atom stereocenters. The summed E-state index contributed by atoms with van der Waals surface area (Å²) < 4.78 is 29.8. The van der Waals surface area contributed by atoms with Crippen LogP contribution in [-0.2, 0) is 21.2 Å². The lowest BCUT2D eigenvalue weighted by atomic mass is 9.89. The highest BCUT2D eigenvalue weighted by atomic mass is 32.2. The van der Waals surface area contributed by atoms with Crippen LogP contribution in [0, 0.1) is 0 Å². The molecule has 166 valence electrons. The number of rotatable bonds is 7. The van der Waals surface area contributed by atoms with Gasteiger partial charge in [0.1, 0.15) is 5.75 Å². The summed E-state index contributed by atoms with van der Waals surface area (Å²) in [7, 11) is -1.54. The standard InChI is InChI=1S/C26H27NO4S/c1-31-24-14-12-20(13-15-24)18-27(23-16-17-32(29,30)19-23)26(28)25(21-8-4-2-5-9-21)22-10-6-3-7-11-22/h2-15,23,25H,16-19H2,1H3. The van der Waals surface area contributed by atoms with Crippen molar-refractivity contribution in [1.29, 1.82) is 0 Å². The van der Waals surface area contributed by atoms with E-state index < -0.39 is 15.8 Å². The average Bonchev–Trinajstić information content (AvgIpc) is 3.18. The number of nitrogens with zero attached hydrogens (tertiary/aromatic N) is 1. The highest BCUT2D eigenvalue weighted by molar-refractivity contribution is 7.91. The highest BCUT2D eigenvalue weighted by Gasteiger charge is 2.37. The second kappa shape index (κ2) is 9.57. The first-order chi connectivity index (χ1) is 15.5. The Morgan fingerprint density at radius 2 is 1.50 bits per heavy atom. The first kappa shape index (κ1) is 22.1. The molecule has 5 nitrogen and oxygen atoms in total. The Morgan fingerprint density at radius 3 is 1.97 bits per heavy atom. The minimum absolute atomic E-state index is 0.00515. The molecule has 32 heavy (non-hydrogen) atoms. The number of hydrogen-bond acceptors (Lipinski definition) is 4. The molecule has 1 fully saturated rings. The van der Waals surface area contributed by atoms with Crippen LogP contribution in [0.4, 0.5) is 0 Å². The van der Waals surface area contributed by atoms with Crippen molar-refractivity contribution in [2.45, 2.75) is 24.9 Å². The van der Waals surface area contributed by atoms with Gasteiger partial charge in [0.25, 0.3) is 0 Å². The zero-order chi connectivity index (χ0) is 22.6. The van der Waals surface area contributed by atoms with Crippen LogP contribution in [0.5, 0.6) is 5.75 Å². The van der Waals surface area contributed by atoms with Crippen LogP contribution >= 0.6 is 0 Å². The maximum absolute atomic E-state index is 14.1. The van der Waals surface area contributed by atoms with Gasteiger partial charge in [-0.3, -0.25) is 4.79 Å². The molecule has 1 saturated heterocycles. The van der Waals surface area contributed by atoms with Gasteiger partial charge in [-0.05, 0) is 35.2 Å². The second-order valence-corrected chi connectivity index (χ2v) is 10.4. The van der Waals surface area contributed by atoms with E-state index in [-0.39, 0.29) is 23.5 Å². The number of methoxy groups -OCH3 is 1. The molecule has 1 aliphatic heterocycles. The predicted octanol–water partition coefficient (Wildman–Crippen LogP) is 4.04. The first-order valence-corrected chi connectivity index (χ1v) is 12.5. The fourth-order valence-electron chi connectivity index (χ4n) is 4.27. The van der Waals surface area contributed by atoms with Crippen LogP contribution in [0.3, 0.4) is 0 Å². The number of amides is 1. The number of carbonyl (C=O) groups is 1. The highest BCUT2D eigenvalue weighted by Crippen LogP contribution is 2.31. The molecule has 0 spiro atoms. The Bertz CT molecular complexity index is 1110. The van der Waals surface area contributed by atoms with E-state index in [0.29, 0.717) is 13.0 Å². The van der Waals surface area contributed by atoms with Gasteiger partial charge in [0.15, 0.2) is 9.84 Å². The van der Waals surface area contributed by atoms with Crippen LogP contribution in [-0.4, -0.2) is 43.9 Å². The minimum atomic E-state index is -3.15. The van der Waals surface area contributed by atoms with Gasteiger partial charge in [-0.1, -0.05) is 72.8 Å². The van der Waals surface area contributed by atoms with Gasteiger partial charge in [-0.25, -0.2) is 8.42 Å². The number of ether oxygens (including phenoxy) is 1. The lowest BCUT2D eigenvalue weighted by Crippen LogP contribution is -2.43. The molecule has 6 heteroatoms. The summed E-state index contributed by atoms with van der Waals surface area (Å²) in [6.45, 7) is 0.346. The molecule has 1 aliphatic rings. The largest absolute Gasteiger partial charge is 0.497 e. The monoisotopic (exact) mass is 449 g/mol. The summed E-state index contributed by atoms with van der Waals surface area (Å²) in [5, 5.41) is 0. The van der Waals surface area contributed by atoms with Gasteiger partial charge in [-0.2, -0.15) is 0 Å². The minimum Gasteiger partial charge on any atom is -0.497 e. The molecular weight excluding hydrogens is 422 g/mol. The van der Waals surface area contributed by atoms with Crippen LogP contribution in [0.25, 0.3) is 0 Å². The fourth-order valence-corrected chi connectivity index (χ4v) is 6.00. The Hall–Kier alpha value is -3.12. The maximum Gasteiger partial charge on any atom is 0.235 e. The lowest BCUT2D eigenvalue weighted by Gasteiger charge is -2.32. The molecule has 3 aromatic carbocycles. The molecule has 0 aliphatic carbocycles. The van der Waals surface area contributed by atoms with Crippen molar-refractivity contribution in [3.05, 3.63) is 102 Å². The first-order valence-electron chi connectivity index (χ1n) is 10.7. The van der Waals surface area contributed by atoms with Crippen molar-refractivity contribution in [3.8, 4) is 5.75 Å². The van der Waals surface area contributed by atoms with E-state index >= 15 is 0 Å². The molecule has 0 N–H and O–H groups in total. The summed E-state index contributed by atoms with van der Waals surface area (Å²) >= 11 is 0. The van der Waals surface area contributed by atoms with Crippen molar-refractivity contribution in [2.75, 3.05) is 18.6 Å². The Kier molecular flexibility index (Phi) is 6.61. The zero-order valence-electron chi connectivity index (χ0n) is 18.1. The van der Waals surface area contributed by atoms with Crippen molar-refractivity contribution >= 4 is 15.7 Å². The third-order valence-electron chi connectivity index (χ3n) is 5.96. The van der Waals surface area contributed by atoms with E-state index in [1.54, 1.807) is 12.0 Å². The SMILES string of the molecule is COc1ccc(CN(C(=O)C(c2ccccc2)c2ccccc2)C2CCS(=O)(=O)C2)cc1. The summed E-state index contributed by atoms with van der Waals surface area (Å²) in [5.74, 6) is 0.275. The Labute approximate surface area is 189 Å². The van der Waals surface area contributed by atoms with E-state index in [1.807, 2.05) is 84.9 Å². The van der Waals surface area contributed by atoms with E-state index in [1.165, 1.54) is 0 Å². The van der Waals surface area contributed by atoms with E-state index in [4.69, 9.17) is 4.74 Å². The van der Waals surface area contributed by atoms with E-state index in [9.17, 15) is 13.2 Å². The molecule has 0 radical (unpaired) electrons. The summed E-state index contributed by atoms with van der Waals surface area (Å²) in [6.07, 6.45) is 0.459. The van der Waals surface area contributed by atoms with Gasteiger partial charge in [-0.15, -0.1) is 0 Å². The topological polar surface area (TPSA) is 63.7 Å². The van der Waals surface area contributed by atoms with Crippen molar-refractivity contribution in [1.82, 2.24) is 4.90 Å². The zero-order valence-corrected chi connectivity index (χ0v) is 18.9. The molecule has 1 amide bonds. The van der Waals surface area contributed by atoms with Gasteiger partial charge in [0.05, 0.1) is 24.5 Å². The molecule has 0 bridgehead atoms. The van der Waals surface area contributed by atoms with Crippen LogP contribution < -0.4 is 4.74 Å². The summed E-state index contributed by atoms with van der Waals surface area (Å²) in [6, 6.07) is 26.6. The molecule has 3 aromatic rings. The fraction of sp³-hybridized carbons (Fsp3) is 0.269. The van der Waals surface area contributed by atoms with Gasteiger partial charge >= 0.3 is 0 Å². The molecule has 0 saturated carbocycles. The predicted molar refractivity (Wildman–Crippen MR) is 125 cm³/mol. The summed E-state index contributed by atoms with van der Waals surface area (Å²) in [4.78, 5) is 15.8.